The fourth-order valence-electron chi connectivity index (χ4n) is 2.36. The number of hydrogen-bond donors (Lipinski definition) is 1. The van der Waals surface area contributed by atoms with Gasteiger partial charge in [-0.2, -0.15) is 11.8 Å². The van der Waals surface area contributed by atoms with Crippen molar-refractivity contribution in [2.75, 3.05) is 12.8 Å². The molecular formula is C14H23N3S. The van der Waals surface area contributed by atoms with Gasteiger partial charge in [-0.25, -0.2) is 9.97 Å². The van der Waals surface area contributed by atoms with Crippen LogP contribution in [0.5, 0.6) is 0 Å². The summed E-state index contributed by atoms with van der Waals surface area (Å²) in [6, 6.07) is 0. The molecule has 1 aliphatic heterocycles. The van der Waals surface area contributed by atoms with Gasteiger partial charge in [-0.05, 0) is 31.6 Å². The smallest absolute Gasteiger partial charge is 0.141 e. The quantitative estimate of drug-likeness (QED) is 0.906. The lowest BCUT2D eigenvalue weighted by atomic mass is 10.0. The molecule has 100 valence electrons. The molecule has 1 unspecified atom stereocenters. The minimum absolute atomic E-state index is 0.462. The van der Waals surface area contributed by atoms with Gasteiger partial charge in [0.15, 0.2) is 0 Å². The molecule has 3 nitrogen and oxygen atoms in total. The van der Waals surface area contributed by atoms with Gasteiger partial charge >= 0.3 is 0 Å². The van der Waals surface area contributed by atoms with Gasteiger partial charge in [0, 0.05) is 18.3 Å². The Bertz CT molecular complexity index is 387. The highest BCUT2D eigenvalue weighted by Crippen LogP contribution is 2.37. The van der Waals surface area contributed by atoms with Crippen LogP contribution in [0.2, 0.25) is 0 Å². The molecule has 18 heavy (non-hydrogen) atoms. The van der Waals surface area contributed by atoms with Crippen LogP contribution in [0.1, 0.15) is 61.4 Å². The predicted octanol–water partition coefficient (Wildman–Crippen LogP) is 3.28. The number of hydrogen-bond acceptors (Lipinski definition) is 4. The Kier molecular flexibility index (Phi) is 5.01. The Labute approximate surface area is 114 Å². The molecule has 0 amide bonds. The minimum Gasteiger partial charge on any atom is -0.316 e. The predicted molar refractivity (Wildman–Crippen MR) is 77.9 cm³/mol. The second-order valence-corrected chi connectivity index (χ2v) is 6.49. The van der Waals surface area contributed by atoms with E-state index in [9.17, 15) is 0 Å². The van der Waals surface area contributed by atoms with Crippen LogP contribution < -0.4 is 5.32 Å². The molecule has 1 aromatic rings. The van der Waals surface area contributed by atoms with Crippen molar-refractivity contribution in [2.24, 2.45) is 0 Å². The summed E-state index contributed by atoms with van der Waals surface area (Å²) in [6.07, 6.45) is 5.91. The van der Waals surface area contributed by atoms with E-state index in [0.29, 0.717) is 11.2 Å². The van der Waals surface area contributed by atoms with Crippen molar-refractivity contribution in [1.29, 1.82) is 0 Å². The van der Waals surface area contributed by atoms with E-state index in [1.165, 1.54) is 36.3 Å². The lowest BCUT2D eigenvalue weighted by Gasteiger charge is -2.21. The largest absolute Gasteiger partial charge is 0.316 e. The second kappa shape index (κ2) is 6.53. The molecular weight excluding hydrogens is 242 g/mol. The Morgan fingerprint density at radius 2 is 2.28 bits per heavy atom. The Hall–Kier alpha value is -0.610. The van der Waals surface area contributed by atoms with E-state index in [2.05, 4.69) is 24.1 Å². The molecule has 4 heteroatoms. The zero-order valence-electron chi connectivity index (χ0n) is 11.6. The van der Waals surface area contributed by atoms with Gasteiger partial charge in [0.1, 0.15) is 5.82 Å². The molecule has 1 atom stereocenters. The van der Waals surface area contributed by atoms with Crippen LogP contribution in [0.15, 0.2) is 6.20 Å². The van der Waals surface area contributed by atoms with Crippen molar-refractivity contribution in [3.05, 3.63) is 23.3 Å². The summed E-state index contributed by atoms with van der Waals surface area (Å²) in [5.74, 6) is 2.76. The summed E-state index contributed by atoms with van der Waals surface area (Å²) in [6.45, 7) is 5.27. The number of nitrogens with zero attached hydrogens (tertiary/aromatic N) is 2. The lowest BCUT2D eigenvalue weighted by Crippen LogP contribution is -2.14. The zero-order chi connectivity index (χ0) is 13.0. The molecule has 0 aliphatic carbocycles. The highest BCUT2D eigenvalue weighted by Gasteiger charge is 2.20. The maximum absolute atomic E-state index is 4.84. The molecule has 0 aromatic carbocycles. The third-order valence-corrected chi connectivity index (χ3v) is 4.67. The van der Waals surface area contributed by atoms with Crippen LogP contribution in [0.3, 0.4) is 0 Å². The average molecular weight is 265 g/mol. The van der Waals surface area contributed by atoms with Gasteiger partial charge in [0.25, 0.3) is 0 Å². The summed E-state index contributed by atoms with van der Waals surface area (Å²) in [5.41, 5.74) is 2.44. The van der Waals surface area contributed by atoms with E-state index >= 15 is 0 Å². The minimum atomic E-state index is 0.462. The van der Waals surface area contributed by atoms with Gasteiger partial charge in [0.05, 0.1) is 10.9 Å². The van der Waals surface area contributed by atoms with Crippen molar-refractivity contribution < 1.29 is 0 Å². The average Bonchev–Trinajstić information content (AvgIpc) is 2.40. The van der Waals surface area contributed by atoms with E-state index in [1.807, 2.05) is 25.0 Å². The molecule has 1 N–H and O–H groups in total. The molecule has 1 aromatic heterocycles. The van der Waals surface area contributed by atoms with E-state index in [1.54, 1.807) is 0 Å². The first-order valence-corrected chi connectivity index (χ1v) is 7.89. The van der Waals surface area contributed by atoms with Crippen molar-refractivity contribution in [1.82, 2.24) is 15.3 Å². The molecule has 0 bridgehead atoms. The lowest BCUT2D eigenvalue weighted by molar-refractivity contribution is 0.647. The standard InChI is InChI=1S/C14H23N3S/c1-10(2)13-11(8-15-3)9-16-14(17-13)12-6-4-5-7-18-12/h9-10,12,15H,4-8H2,1-3H3. The van der Waals surface area contributed by atoms with Crippen LogP contribution in [0.25, 0.3) is 0 Å². The molecule has 1 aliphatic rings. The fraction of sp³-hybridized carbons (Fsp3) is 0.714. The fourth-order valence-corrected chi connectivity index (χ4v) is 3.61. The monoisotopic (exact) mass is 265 g/mol. The molecule has 2 rings (SSSR count). The van der Waals surface area contributed by atoms with Crippen LogP contribution in [-0.4, -0.2) is 22.8 Å². The molecule has 1 saturated heterocycles. The number of thioether (sulfide) groups is 1. The van der Waals surface area contributed by atoms with Crippen molar-refractivity contribution in [3.63, 3.8) is 0 Å². The van der Waals surface area contributed by atoms with Gasteiger partial charge in [-0.15, -0.1) is 0 Å². The van der Waals surface area contributed by atoms with Gasteiger partial charge in [-0.1, -0.05) is 20.3 Å². The van der Waals surface area contributed by atoms with Gasteiger partial charge in [-0.3, -0.25) is 0 Å². The Morgan fingerprint density at radius 3 is 2.89 bits per heavy atom. The first kappa shape index (κ1) is 13.8. The van der Waals surface area contributed by atoms with E-state index in [-0.39, 0.29) is 0 Å². The molecule has 0 radical (unpaired) electrons. The van der Waals surface area contributed by atoms with Crippen molar-refractivity contribution in [3.8, 4) is 0 Å². The Balaban J connectivity index is 2.24. The van der Waals surface area contributed by atoms with Crippen molar-refractivity contribution in [2.45, 2.75) is 50.8 Å². The topological polar surface area (TPSA) is 37.8 Å². The van der Waals surface area contributed by atoms with Crippen molar-refractivity contribution >= 4 is 11.8 Å². The zero-order valence-corrected chi connectivity index (χ0v) is 12.4. The molecule has 0 spiro atoms. The van der Waals surface area contributed by atoms with E-state index in [4.69, 9.17) is 4.98 Å². The summed E-state index contributed by atoms with van der Waals surface area (Å²) in [4.78, 5) is 9.43. The molecule has 2 heterocycles. The third kappa shape index (κ3) is 3.23. The molecule has 1 fully saturated rings. The SMILES string of the molecule is CNCc1cnc(C2CCCCS2)nc1C(C)C. The van der Waals surface area contributed by atoms with E-state index in [0.717, 1.165) is 12.4 Å². The van der Waals surface area contributed by atoms with E-state index < -0.39 is 0 Å². The summed E-state index contributed by atoms with van der Waals surface area (Å²) in [5, 5.41) is 3.71. The normalized spacial score (nSPS) is 20.3. The first-order chi connectivity index (χ1) is 8.72. The van der Waals surface area contributed by atoms with Crippen LogP contribution >= 0.6 is 11.8 Å². The second-order valence-electron chi connectivity index (χ2n) is 5.18. The highest BCUT2D eigenvalue weighted by atomic mass is 32.2. The summed E-state index contributed by atoms with van der Waals surface area (Å²) >= 11 is 2.02. The first-order valence-electron chi connectivity index (χ1n) is 6.84. The summed E-state index contributed by atoms with van der Waals surface area (Å²) in [7, 11) is 1.97. The van der Waals surface area contributed by atoms with Crippen LogP contribution in [-0.2, 0) is 6.54 Å². The number of aromatic nitrogens is 2. The summed E-state index contributed by atoms with van der Waals surface area (Å²) < 4.78 is 0. The third-order valence-electron chi connectivity index (χ3n) is 3.30. The number of rotatable bonds is 4. The van der Waals surface area contributed by atoms with Gasteiger partial charge < -0.3 is 5.32 Å². The maximum Gasteiger partial charge on any atom is 0.141 e. The highest BCUT2D eigenvalue weighted by molar-refractivity contribution is 7.99. The van der Waals surface area contributed by atoms with Crippen LogP contribution in [0, 0.1) is 0 Å². The Morgan fingerprint density at radius 1 is 1.44 bits per heavy atom. The van der Waals surface area contributed by atoms with Gasteiger partial charge in [0.2, 0.25) is 0 Å². The molecule has 0 saturated carbocycles. The maximum atomic E-state index is 4.84. The van der Waals surface area contributed by atoms with Crippen LogP contribution in [0.4, 0.5) is 0 Å². The number of nitrogens with one attached hydrogen (secondary N) is 1.